The third-order valence-electron chi connectivity index (χ3n) is 1.97. The third-order valence-corrected chi connectivity index (χ3v) is 1.97. The quantitative estimate of drug-likeness (QED) is 0.540. The Labute approximate surface area is 72.0 Å². The van der Waals surface area contributed by atoms with Crippen molar-refractivity contribution in [3.63, 3.8) is 0 Å². The molecule has 3 nitrogen and oxygen atoms in total. The summed E-state index contributed by atoms with van der Waals surface area (Å²) in [6.45, 7) is 6.39. The predicted molar refractivity (Wildman–Crippen MR) is 45.6 cm³/mol. The number of ketones is 1. The summed E-state index contributed by atoms with van der Waals surface area (Å²) in [6, 6.07) is 0. The number of hydrogen-bond acceptors (Lipinski definition) is 2. The number of piperidine rings is 1. The number of rotatable bonds is 1. The molecule has 12 heavy (non-hydrogen) atoms. The summed E-state index contributed by atoms with van der Waals surface area (Å²) < 4.78 is 0. The Morgan fingerprint density at radius 1 is 1.42 bits per heavy atom. The second-order valence-corrected chi connectivity index (χ2v) is 3.11. The van der Waals surface area contributed by atoms with Gasteiger partial charge >= 0.3 is 0 Å². The second kappa shape index (κ2) is 3.52. The molecule has 0 aromatic heterocycles. The van der Waals surface area contributed by atoms with Gasteiger partial charge in [-0.25, -0.2) is 0 Å². The summed E-state index contributed by atoms with van der Waals surface area (Å²) in [4.78, 5) is 23.8. The van der Waals surface area contributed by atoms with E-state index in [1.807, 2.05) is 0 Å². The van der Waals surface area contributed by atoms with Crippen LogP contribution in [0.15, 0.2) is 12.2 Å². The van der Waals surface area contributed by atoms with Crippen LogP contribution in [0.25, 0.3) is 0 Å². The molecule has 0 aliphatic carbocycles. The fourth-order valence-electron chi connectivity index (χ4n) is 1.23. The zero-order chi connectivity index (χ0) is 9.14. The van der Waals surface area contributed by atoms with Gasteiger partial charge in [0.25, 0.3) is 0 Å². The maximum absolute atomic E-state index is 11.3. The highest BCUT2D eigenvalue weighted by atomic mass is 16.2. The lowest BCUT2D eigenvalue weighted by Gasteiger charge is -2.25. The molecule has 0 saturated carbocycles. The van der Waals surface area contributed by atoms with Gasteiger partial charge in [0.15, 0.2) is 0 Å². The first-order valence-corrected chi connectivity index (χ1v) is 4.07. The summed E-state index contributed by atoms with van der Waals surface area (Å²) in [6.07, 6.45) is 0.998. The molecule has 1 rings (SSSR count). The van der Waals surface area contributed by atoms with E-state index in [4.69, 9.17) is 0 Å². The van der Waals surface area contributed by atoms with Crippen molar-refractivity contribution in [3.8, 4) is 0 Å². The Bertz CT molecular complexity index is 223. The lowest BCUT2D eigenvalue weighted by atomic mass is 10.1. The number of hydrogen-bond donors (Lipinski definition) is 0. The van der Waals surface area contributed by atoms with Crippen molar-refractivity contribution >= 4 is 11.7 Å². The van der Waals surface area contributed by atoms with E-state index in [2.05, 4.69) is 6.58 Å². The Morgan fingerprint density at radius 2 is 1.92 bits per heavy atom. The molecular formula is C9H13NO2. The van der Waals surface area contributed by atoms with Crippen molar-refractivity contribution in [2.75, 3.05) is 13.1 Å². The normalized spacial score (nSPS) is 17.8. The minimum absolute atomic E-state index is 0.0255. The molecule has 0 bridgehead atoms. The average molecular weight is 167 g/mol. The average Bonchev–Trinajstić information content (AvgIpc) is 2.04. The summed E-state index contributed by atoms with van der Waals surface area (Å²) in [5.74, 6) is 0.225. The minimum Gasteiger partial charge on any atom is -0.338 e. The summed E-state index contributed by atoms with van der Waals surface area (Å²) in [7, 11) is 0. The molecule has 0 aromatic rings. The molecule has 0 radical (unpaired) electrons. The third kappa shape index (κ3) is 1.94. The van der Waals surface area contributed by atoms with Crippen LogP contribution >= 0.6 is 0 Å². The van der Waals surface area contributed by atoms with E-state index in [1.165, 1.54) is 0 Å². The first-order valence-electron chi connectivity index (χ1n) is 4.07. The molecule has 1 aliphatic heterocycles. The van der Waals surface area contributed by atoms with Crippen molar-refractivity contribution in [1.29, 1.82) is 0 Å². The smallest absolute Gasteiger partial charge is 0.248 e. The van der Waals surface area contributed by atoms with Gasteiger partial charge in [-0.15, -0.1) is 0 Å². The summed E-state index contributed by atoms with van der Waals surface area (Å²) in [5.41, 5.74) is 0.546. The van der Waals surface area contributed by atoms with E-state index >= 15 is 0 Å². The topological polar surface area (TPSA) is 37.4 Å². The number of likely N-dealkylation sites (tertiary alicyclic amines) is 1. The van der Waals surface area contributed by atoms with Crippen LogP contribution in [-0.2, 0) is 9.59 Å². The number of carbonyl (C=O) groups excluding carboxylic acids is 2. The summed E-state index contributed by atoms with van der Waals surface area (Å²) >= 11 is 0. The molecule has 0 aromatic carbocycles. The van der Waals surface area contributed by atoms with Crippen molar-refractivity contribution in [2.24, 2.45) is 0 Å². The first-order chi connectivity index (χ1) is 5.61. The molecule has 0 N–H and O–H groups in total. The molecule has 0 unspecified atom stereocenters. The van der Waals surface area contributed by atoms with E-state index < -0.39 is 0 Å². The lowest BCUT2D eigenvalue weighted by Crippen LogP contribution is -2.38. The molecule has 66 valence electrons. The van der Waals surface area contributed by atoms with Gasteiger partial charge in [-0.3, -0.25) is 9.59 Å². The monoisotopic (exact) mass is 167 g/mol. The van der Waals surface area contributed by atoms with Crippen LogP contribution in [-0.4, -0.2) is 29.7 Å². The van der Waals surface area contributed by atoms with Gasteiger partial charge < -0.3 is 4.90 Å². The lowest BCUT2D eigenvalue weighted by molar-refractivity contribution is -0.131. The van der Waals surface area contributed by atoms with Gasteiger partial charge in [0.2, 0.25) is 5.91 Å². The van der Waals surface area contributed by atoms with Crippen LogP contribution < -0.4 is 0 Å². The molecule has 3 heteroatoms. The van der Waals surface area contributed by atoms with Crippen molar-refractivity contribution in [1.82, 2.24) is 4.90 Å². The maximum atomic E-state index is 11.3. The zero-order valence-corrected chi connectivity index (χ0v) is 7.30. The Hall–Kier alpha value is -1.12. The van der Waals surface area contributed by atoms with Gasteiger partial charge in [0.1, 0.15) is 5.78 Å². The Balaban J connectivity index is 2.50. The molecule has 1 saturated heterocycles. The fourth-order valence-corrected chi connectivity index (χ4v) is 1.23. The van der Waals surface area contributed by atoms with Gasteiger partial charge in [0.05, 0.1) is 0 Å². The Morgan fingerprint density at radius 3 is 2.33 bits per heavy atom. The van der Waals surface area contributed by atoms with E-state index in [0.29, 0.717) is 31.5 Å². The zero-order valence-electron chi connectivity index (χ0n) is 7.30. The van der Waals surface area contributed by atoms with Gasteiger partial charge in [-0.2, -0.15) is 0 Å². The van der Waals surface area contributed by atoms with Crippen molar-refractivity contribution in [2.45, 2.75) is 19.8 Å². The predicted octanol–water partition coefficient (Wildman–Crippen LogP) is 0.754. The Kier molecular flexibility index (Phi) is 2.63. The van der Waals surface area contributed by atoms with Gasteiger partial charge in [-0.1, -0.05) is 6.58 Å². The summed E-state index contributed by atoms with van der Waals surface area (Å²) in [5, 5.41) is 0. The number of nitrogens with zero attached hydrogens (tertiary/aromatic N) is 1. The SMILES string of the molecule is C=C(C)C(=O)N1CCC(=O)CC1. The van der Waals surface area contributed by atoms with E-state index in [0.717, 1.165) is 0 Å². The minimum atomic E-state index is -0.0255. The van der Waals surface area contributed by atoms with E-state index in [1.54, 1.807) is 11.8 Å². The number of amides is 1. The van der Waals surface area contributed by atoms with Gasteiger partial charge in [-0.05, 0) is 6.92 Å². The van der Waals surface area contributed by atoms with Crippen LogP contribution in [0.5, 0.6) is 0 Å². The molecule has 1 aliphatic rings. The van der Waals surface area contributed by atoms with E-state index in [9.17, 15) is 9.59 Å². The standard InChI is InChI=1S/C9H13NO2/c1-7(2)9(12)10-5-3-8(11)4-6-10/h1,3-6H2,2H3. The van der Waals surface area contributed by atoms with Crippen LogP contribution in [0.4, 0.5) is 0 Å². The van der Waals surface area contributed by atoms with Crippen molar-refractivity contribution < 1.29 is 9.59 Å². The van der Waals surface area contributed by atoms with Crippen LogP contribution in [0.3, 0.4) is 0 Å². The molecule has 1 fully saturated rings. The fraction of sp³-hybridized carbons (Fsp3) is 0.556. The highest BCUT2D eigenvalue weighted by Gasteiger charge is 2.20. The number of Topliss-reactive ketones (excluding diaryl/α,β-unsaturated/α-hetero) is 1. The van der Waals surface area contributed by atoms with Crippen molar-refractivity contribution in [3.05, 3.63) is 12.2 Å². The van der Waals surface area contributed by atoms with Crippen LogP contribution in [0.2, 0.25) is 0 Å². The number of carbonyl (C=O) groups is 2. The molecule has 0 spiro atoms. The molecule has 1 amide bonds. The highest BCUT2D eigenvalue weighted by Crippen LogP contribution is 2.08. The maximum Gasteiger partial charge on any atom is 0.248 e. The van der Waals surface area contributed by atoms with Crippen LogP contribution in [0, 0.1) is 0 Å². The largest absolute Gasteiger partial charge is 0.338 e. The molecule has 0 atom stereocenters. The molecular weight excluding hydrogens is 154 g/mol. The first kappa shape index (κ1) is 8.97. The van der Waals surface area contributed by atoms with Crippen LogP contribution in [0.1, 0.15) is 19.8 Å². The van der Waals surface area contributed by atoms with Gasteiger partial charge in [0, 0.05) is 31.5 Å². The highest BCUT2D eigenvalue weighted by molar-refractivity contribution is 5.93. The van der Waals surface area contributed by atoms with E-state index in [-0.39, 0.29) is 11.7 Å². The second-order valence-electron chi connectivity index (χ2n) is 3.11. The molecule has 1 heterocycles.